The third kappa shape index (κ3) is 2.21. The Morgan fingerprint density at radius 3 is 2.53 bits per heavy atom. The molecule has 2 aliphatic rings. The molecule has 1 nitrogen and oxygen atoms in total. The molecule has 0 amide bonds. The van der Waals surface area contributed by atoms with Crippen LogP contribution < -0.4 is 5.73 Å². The molecule has 2 N–H and O–H groups in total. The lowest BCUT2D eigenvalue weighted by molar-refractivity contribution is 0.238. The molecule has 3 rings (SSSR count). The van der Waals surface area contributed by atoms with Crippen LogP contribution in [0.2, 0.25) is 0 Å². The van der Waals surface area contributed by atoms with Gasteiger partial charge in [0.05, 0.1) is 0 Å². The summed E-state index contributed by atoms with van der Waals surface area (Å²) in [7, 11) is 0. The molecule has 2 aliphatic carbocycles. The van der Waals surface area contributed by atoms with Crippen molar-refractivity contribution in [3.05, 3.63) is 35.4 Å². The normalized spacial score (nSPS) is 35.5. The van der Waals surface area contributed by atoms with E-state index in [0.29, 0.717) is 17.9 Å². The summed E-state index contributed by atoms with van der Waals surface area (Å²) in [5.41, 5.74) is 6.71. The fourth-order valence-corrected chi connectivity index (χ4v) is 3.07. The molecule has 0 saturated heterocycles. The van der Waals surface area contributed by atoms with Crippen LogP contribution >= 0.6 is 0 Å². The summed E-state index contributed by atoms with van der Waals surface area (Å²) >= 11 is 0. The first kappa shape index (κ1) is 11.1. The molecule has 92 valence electrons. The minimum absolute atomic E-state index is 0.403. The van der Waals surface area contributed by atoms with Gasteiger partial charge in [0.1, 0.15) is 0 Å². The van der Waals surface area contributed by atoms with Crippen LogP contribution in [0.15, 0.2) is 18.2 Å². The second-order valence-corrected chi connectivity index (χ2v) is 5.61. The Morgan fingerprint density at radius 1 is 1.12 bits per heavy atom. The van der Waals surface area contributed by atoms with Crippen molar-refractivity contribution >= 4 is 0 Å². The largest absolute Gasteiger partial charge is 0.328 e. The summed E-state index contributed by atoms with van der Waals surface area (Å²) in [6, 6.07) is 4.71. The molecule has 0 radical (unpaired) electrons. The molecular formula is C14H17F2N. The van der Waals surface area contributed by atoms with Crippen LogP contribution in [-0.2, 0) is 0 Å². The standard InChI is InChI=1S/C14H17F2N/c15-13-2-1-9(7-14(13)16)12-6-10(12)3-8-4-11(17)5-8/h1-2,7-8,10-12H,3-6,17H2/t8?,10-,11?,12+/m0/s1. The zero-order chi connectivity index (χ0) is 12.0. The van der Waals surface area contributed by atoms with Gasteiger partial charge in [-0.1, -0.05) is 6.07 Å². The molecule has 1 aromatic rings. The number of hydrogen-bond donors (Lipinski definition) is 1. The van der Waals surface area contributed by atoms with Crippen LogP contribution in [0, 0.1) is 23.5 Å². The average molecular weight is 237 g/mol. The maximum Gasteiger partial charge on any atom is 0.159 e. The highest BCUT2D eigenvalue weighted by Gasteiger charge is 2.41. The van der Waals surface area contributed by atoms with Crippen LogP contribution in [0.3, 0.4) is 0 Å². The van der Waals surface area contributed by atoms with Gasteiger partial charge < -0.3 is 5.73 Å². The third-order valence-corrected chi connectivity index (χ3v) is 4.20. The molecule has 0 heterocycles. The Kier molecular flexibility index (Phi) is 2.66. The predicted molar refractivity (Wildman–Crippen MR) is 62.5 cm³/mol. The van der Waals surface area contributed by atoms with Gasteiger partial charge in [-0.25, -0.2) is 8.78 Å². The number of rotatable bonds is 3. The SMILES string of the molecule is NC1CC(C[C@H]2C[C@@H]2c2ccc(F)c(F)c2)C1. The number of benzene rings is 1. The zero-order valence-corrected chi connectivity index (χ0v) is 9.70. The van der Waals surface area contributed by atoms with Gasteiger partial charge in [-0.05, 0) is 61.1 Å². The van der Waals surface area contributed by atoms with Gasteiger partial charge >= 0.3 is 0 Å². The van der Waals surface area contributed by atoms with E-state index in [4.69, 9.17) is 5.73 Å². The monoisotopic (exact) mass is 237 g/mol. The summed E-state index contributed by atoms with van der Waals surface area (Å²) in [5, 5.41) is 0. The summed E-state index contributed by atoms with van der Waals surface area (Å²) in [6.07, 6.45) is 4.61. The van der Waals surface area contributed by atoms with Crippen LogP contribution in [0.4, 0.5) is 8.78 Å². The fourth-order valence-electron chi connectivity index (χ4n) is 3.07. The maximum absolute atomic E-state index is 13.1. The van der Waals surface area contributed by atoms with Gasteiger partial charge in [0.25, 0.3) is 0 Å². The highest BCUT2D eigenvalue weighted by atomic mass is 19.2. The third-order valence-electron chi connectivity index (χ3n) is 4.20. The van der Waals surface area contributed by atoms with E-state index in [1.807, 2.05) is 0 Å². The van der Waals surface area contributed by atoms with Gasteiger partial charge in [-0.3, -0.25) is 0 Å². The van der Waals surface area contributed by atoms with Gasteiger partial charge in [0.15, 0.2) is 11.6 Å². The van der Waals surface area contributed by atoms with Crippen molar-refractivity contribution in [2.45, 2.75) is 37.6 Å². The van der Waals surface area contributed by atoms with Crippen molar-refractivity contribution in [1.82, 2.24) is 0 Å². The van der Waals surface area contributed by atoms with E-state index in [9.17, 15) is 8.78 Å². The second-order valence-electron chi connectivity index (χ2n) is 5.61. The maximum atomic E-state index is 13.1. The molecule has 0 unspecified atom stereocenters. The molecule has 2 fully saturated rings. The lowest BCUT2D eigenvalue weighted by atomic mass is 9.77. The first-order valence-electron chi connectivity index (χ1n) is 6.34. The van der Waals surface area contributed by atoms with Crippen LogP contribution in [0.5, 0.6) is 0 Å². The van der Waals surface area contributed by atoms with Crippen molar-refractivity contribution in [1.29, 1.82) is 0 Å². The Bertz CT molecular complexity index is 426. The highest BCUT2D eigenvalue weighted by Crippen LogP contribution is 2.53. The van der Waals surface area contributed by atoms with Crippen LogP contribution in [0.1, 0.15) is 37.2 Å². The Labute approximate surface area is 100 Å². The molecule has 3 heteroatoms. The molecule has 1 aromatic carbocycles. The zero-order valence-electron chi connectivity index (χ0n) is 9.70. The minimum atomic E-state index is -0.754. The Morgan fingerprint density at radius 2 is 1.88 bits per heavy atom. The van der Waals surface area contributed by atoms with Gasteiger partial charge in [-0.2, -0.15) is 0 Å². The van der Waals surface area contributed by atoms with Crippen molar-refractivity contribution < 1.29 is 8.78 Å². The number of halogens is 2. The molecule has 0 spiro atoms. The molecule has 0 bridgehead atoms. The van der Waals surface area contributed by atoms with E-state index in [-0.39, 0.29) is 0 Å². The summed E-state index contributed by atoms with van der Waals surface area (Å²) < 4.78 is 25.9. The second kappa shape index (κ2) is 4.05. The average Bonchev–Trinajstić information content (AvgIpc) is 2.99. The van der Waals surface area contributed by atoms with Crippen molar-refractivity contribution in [2.75, 3.05) is 0 Å². The molecule has 2 saturated carbocycles. The summed E-state index contributed by atoms with van der Waals surface area (Å²) in [6.45, 7) is 0. The number of hydrogen-bond acceptors (Lipinski definition) is 1. The molecule has 0 aromatic heterocycles. The van der Waals surface area contributed by atoms with Gasteiger partial charge in [0.2, 0.25) is 0 Å². The predicted octanol–water partition coefficient (Wildman–Crippen LogP) is 3.20. The lowest BCUT2D eigenvalue weighted by Crippen LogP contribution is -2.36. The molecule has 0 aliphatic heterocycles. The van der Waals surface area contributed by atoms with E-state index < -0.39 is 11.6 Å². The topological polar surface area (TPSA) is 26.0 Å². The number of nitrogens with two attached hydrogens (primary N) is 1. The molecule has 2 atom stereocenters. The Balaban J connectivity index is 1.58. The van der Waals surface area contributed by atoms with E-state index in [2.05, 4.69) is 0 Å². The highest BCUT2D eigenvalue weighted by molar-refractivity contribution is 5.27. The first-order chi connectivity index (χ1) is 8.13. The summed E-state index contributed by atoms with van der Waals surface area (Å²) in [4.78, 5) is 0. The van der Waals surface area contributed by atoms with Crippen molar-refractivity contribution in [2.24, 2.45) is 17.6 Å². The minimum Gasteiger partial charge on any atom is -0.328 e. The quantitative estimate of drug-likeness (QED) is 0.858. The molecular weight excluding hydrogens is 220 g/mol. The fraction of sp³-hybridized carbons (Fsp3) is 0.571. The van der Waals surface area contributed by atoms with Gasteiger partial charge in [0, 0.05) is 6.04 Å². The Hall–Kier alpha value is -0.960. The molecule has 17 heavy (non-hydrogen) atoms. The van der Waals surface area contributed by atoms with E-state index in [1.54, 1.807) is 6.07 Å². The summed E-state index contributed by atoms with van der Waals surface area (Å²) in [5.74, 6) is 0.402. The smallest absolute Gasteiger partial charge is 0.159 e. The van der Waals surface area contributed by atoms with E-state index in [1.165, 1.54) is 18.6 Å². The van der Waals surface area contributed by atoms with E-state index in [0.717, 1.165) is 30.7 Å². The lowest BCUT2D eigenvalue weighted by Gasteiger charge is -2.32. The van der Waals surface area contributed by atoms with Crippen molar-refractivity contribution in [3.63, 3.8) is 0 Å². The van der Waals surface area contributed by atoms with Gasteiger partial charge in [-0.15, -0.1) is 0 Å². The van der Waals surface area contributed by atoms with Crippen LogP contribution in [-0.4, -0.2) is 6.04 Å². The van der Waals surface area contributed by atoms with Crippen molar-refractivity contribution in [3.8, 4) is 0 Å². The van der Waals surface area contributed by atoms with Crippen LogP contribution in [0.25, 0.3) is 0 Å². The first-order valence-corrected chi connectivity index (χ1v) is 6.34. The van der Waals surface area contributed by atoms with E-state index >= 15 is 0 Å².